The summed E-state index contributed by atoms with van der Waals surface area (Å²) in [6.45, 7) is 3.99. The smallest absolute Gasteiger partial charge is 0.407 e. The van der Waals surface area contributed by atoms with Crippen molar-refractivity contribution in [2.24, 2.45) is 0 Å². The zero-order valence-corrected chi connectivity index (χ0v) is 16.5. The first-order chi connectivity index (χ1) is 12.6. The van der Waals surface area contributed by atoms with E-state index in [2.05, 4.69) is 31.3 Å². The van der Waals surface area contributed by atoms with Gasteiger partial charge in [0.15, 0.2) is 0 Å². The molecule has 0 aromatic carbocycles. The van der Waals surface area contributed by atoms with Crippen molar-refractivity contribution in [2.75, 3.05) is 6.54 Å². The number of carbonyl (C=O) groups is 1. The third-order valence-electron chi connectivity index (χ3n) is 3.13. The quantitative estimate of drug-likeness (QED) is 0.714. The van der Waals surface area contributed by atoms with Crippen molar-refractivity contribution in [3.05, 3.63) is 51.3 Å². The van der Waals surface area contributed by atoms with Crippen molar-refractivity contribution >= 4 is 22.0 Å². The fraction of sp³-hybridized carbons (Fsp3) is 0.375. The van der Waals surface area contributed by atoms with Gasteiger partial charge in [0.05, 0.1) is 6.54 Å². The van der Waals surface area contributed by atoms with Crippen LogP contribution < -0.4 is 11.0 Å². The maximum absolute atomic E-state index is 13.2. The lowest BCUT2D eigenvalue weighted by molar-refractivity contribution is 0.0531. The summed E-state index contributed by atoms with van der Waals surface area (Å²) in [6, 6.07) is 4.93. The molecule has 11 heteroatoms. The minimum Gasteiger partial charge on any atom is -0.444 e. The second kappa shape index (κ2) is 8.42. The van der Waals surface area contributed by atoms with Gasteiger partial charge in [-0.25, -0.2) is 23.8 Å². The van der Waals surface area contributed by atoms with E-state index in [1.165, 1.54) is 6.33 Å². The Morgan fingerprint density at radius 2 is 2.04 bits per heavy atom. The first-order valence-electron chi connectivity index (χ1n) is 7.84. The minimum absolute atomic E-state index is 0.291. The molecule has 0 saturated carbocycles. The van der Waals surface area contributed by atoms with Gasteiger partial charge in [-0.2, -0.15) is 13.9 Å². The standard InChI is InChI=1S/C16H18BrF2N5O3/c1-16(2,3)27-14(25)20-7-10(13(18)19)8-24-15(26)23(9-21-24)12-6-4-5-11(17)22-12/h4-6,9H,7-8H2,1-3H3,(H,20,25). The molecule has 0 aliphatic carbocycles. The van der Waals surface area contributed by atoms with Gasteiger partial charge in [-0.3, -0.25) is 0 Å². The second-order valence-electron chi connectivity index (χ2n) is 6.48. The molecule has 27 heavy (non-hydrogen) atoms. The number of alkyl carbamates (subject to hydrolysis) is 1. The fourth-order valence-corrected chi connectivity index (χ4v) is 2.33. The largest absolute Gasteiger partial charge is 0.444 e. The summed E-state index contributed by atoms with van der Waals surface area (Å²) in [5.74, 6) is 0.291. The van der Waals surface area contributed by atoms with Crippen molar-refractivity contribution in [3.8, 4) is 5.82 Å². The van der Waals surface area contributed by atoms with Crippen LogP contribution in [0.15, 0.2) is 45.6 Å². The number of hydrogen-bond donors (Lipinski definition) is 1. The number of carbonyl (C=O) groups excluding carboxylic acids is 1. The van der Waals surface area contributed by atoms with E-state index in [1.807, 2.05) is 0 Å². The van der Waals surface area contributed by atoms with E-state index >= 15 is 0 Å². The van der Waals surface area contributed by atoms with E-state index in [4.69, 9.17) is 4.74 Å². The van der Waals surface area contributed by atoms with Gasteiger partial charge in [0.2, 0.25) is 0 Å². The lowest BCUT2D eigenvalue weighted by Gasteiger charge is -2.19. The van der Waals surface area contributed by atoms with Crippen LogP contribution in [-0.2, 0) is 11.3 Å². The van der Waals surface area contributed by atoms with Crippen LogP contribution in [-0.4, -0.2) is 37.6 Å². The minimum atomic E-state index is -2.01. The van der Waals surface area contributed by atoms with Crippen LogP contribution in [0.4, 0.5) is 13.6 Å². The van der Waals surface area contributed by atoms with E-state index < -0.39 is 42.1 Å². The summed E-state index contributed by atoms with van der Waals surface area (Å²) in [4.78, 5) is 28.1. The molecule has 0 spiro atoms. The molecular formula is C16H18BrF2N5O3. The Morgan fingerprint density at radius 1 is 1.33 bits per heavy atom. The average molecular weight is 446 g/mol. The summed E-state index contributed by atoms with van der Waals surface area (Å²) < 4.78 is 33.9. The number of pyridine rings is 1. The Bertz CT molecular complexity index is 913. The lowest BCUT2D eigenvalue weighted by Crippen LogP contribution is -2.35. The fourth-order valence-electron chi connectivity index (χ4n) is 1.99. The van der Waals surface area contributed by atoms with E-state index in [9.17, 15) is 18.4 Å². The molecule has 1 amide bonds. The highest BCUT2D eigenvalue weighted by Gasteiger charge is 2.18. The third kappa shape index (κ3) is 5.98. The van der Waals surface area contributed by atoms with Crippen molar-refractivity contribution in [1.29, 1.82) is 0 Å². The van der Waals surface area contributed by atoms with Gasteiger partial charge < -0.3 is 10.1 Å². The number of rotatable bonds is 5. The van der Waals surface area contributed by atoms with Gasteiger partial charge in [-0.05, 0) is 48.8 Å². The molecular weight excluding hydrogens is 428 g/mol. The first-order valence-corrected chi connectivity index (χ1v) is 8.63. The molecule has 0 atom stereocenters. The number of halogens is 3. The van der Waals surface area contributed by atoms with Gasteiger partial charge in [-0.1, -0.05) is 6.07 Å². The Balaban J connectivity index is 2.13. The third-order valence-corrected chi connectivity index (χ3v) is 3.58. The Labute approximate surface area is 162 Å². The highest BCUT2D eigenvalue weighted by molar-refractivity contribution is 9.10. The highest BCUT2D eigenvalue weighted by Crippen LogP contribution is 2.11. The van der Waals surface area contributed by atoms with E-state index in [0.29, 0.717) is 10.4 Å². The SMILES string of the molecule is CC(C)(C)OC(=O)NCC(Cn1ncn(-c2cccc(Br)n2)c1=O)=C(F)F. The molecule has 2 heterocycles. The number of ether oxygens (including phenoxy) is 1. The Kier molecular flexibility index (Phi) is 6.47. The molecule has 0 unspecified atom stereocenters. The van der Waals surface area contributed by atoms with Crippen LogP contribution in [0.25, 0.3) is 5.82 Å². The molecule has 0 bridgehead atoms. The summed E-state index contributed by atoms with van der Waals surface area (Å²) in [6.07, 6.45) is -1.66. The topological polar surface area (TPSA) is 91.0 Å². The molecule has 8 nitrogen and oxygen atoms in total. The average Bonchev–Trinajstić information content (AvgIpc) is 2.90. The van der Waals surface area contributed by atoms with Crippen LogP contribution in [0, 0.1) is 0 Å². The molecule has 2 aromatic heterocycles. The number of nitrogens with one attached hydrogen (secondary N) is 1. The van der Waals surface area contributed by atoms with Crippen LogP contribution in [0.1, 0.15) is 20.8 Å². The monoisotopic (exact) mass is 445 g/mol. The van der Waals surface area contributed by atoms with E-state index in [0.717, 1.165) is 9.25 Å². The molecule has 0 aliphatic rings. The molecule has 1 N–H and O–H groups in total. The predicted molar refractivity (Wildman–Crippen MR) is 96.8 cm³/mol. The first kappa shape index (κ1) is 20.7. The number of aromatic nitrogens is 4. The van der Waals surface area contributed by atoms with Crippen LogP contribution in [0.3, 0.4) is 0 Å². The number of nitrogens with zero attached hydrogens (tertiary/aromatic N) is 4. The summed E-state index contributed by atoms with van der Waals surface area (Å²) >= 11 is 3.19. The summed E-state index contributed by atoms with van der Waals surface area (Å²) in [7, 11) is 0. The zero-order valence-electron chi connectivity index (χ0n) is 14.9. The Hall–Kier alpha value is -2.56. The van der Waals surface area contributed by atoms with Gasteiger partial charge >= 0.3 is 11.8 Å². The molecule has 0 radical (unpaired) electrons. The predicted octanol–water partition coefficient (Wildman–Crippen LogP) is 2.87. The lowest BCUT2D eigenvalue weighted by atomic mass is 10.2. The van der Waals surface area contributed by atoms with Crippen LogP contribution in [0.2, 0.25) is 0 Å². The van der Waals surface area contributed by atoms with Crippen LogP contribution in [0.5, 0.6) is 0 Å². The number of amides is 1. The van der Waals surface area contributed by atoms with E-state index in [1.54, 1.807) is 39.0 Å². The molecule has 0 fully saturated rings. The van der Waals surface area contributed by atoms with Crippen molar-refractivity contribution in [3.63, 3.8) is 0 Å². The molecule has 0 aliphatic heterocycles. The molecule has 2 rings (SSSR count). The van der Waals surface area contributed by atoms with Gasteiger partial charge in [0.1, 0.15) is 22.3 Å². The summed E-state index contributed by atoms with van der Waals surface area (Å²) in [5.41, 5.74) is -1.86. The maximum Gasteiger partial charge on any atom is 0.407 e. The molecule has 146 valence electrons. The number of hydrogen-bond acceptors (Lipinski definition) is 5. The van der Waals surface area contributed by atoms with Gasteiger partial charge in [-0.15, -0.1) is 0 Å². The second-order valence-corrected chi connectivity index (χ2v) is 7.29. The highest BCUT2D eigenvalue weighted by atomic mass is 79.9. The molecule has 2 aromatic rings. The molecule has 0 saturated heterocycles. The van der Waals surface area contributed by atoms with Crippen LogP contribution >= 0.6 is 15.9 Å². The van der Waals surface area contributed by atoms with Crippen molar-refractivity contribution in [2.45, 2.75) is 32.9 Å². The Morgan fingerprint density at radius 3 is 2.63 bits per heavy atom. The maximum atomic E-state index is 13.2. The van der Waals surface area contributed by atoms with Gasteiger partial charge in [0, 0.05) is 12.1 Å². The summed E-state index contributed by atoms with van der Waals surface area (Å²) in [5, 5.41) is 6.07. The van der Waals surface area contributed by atoms with Crippen molar-refractivity contribution < 1.29 is 18.3 Å². The van der Waals surface area contributed by atoms with E-state index in [-0.39, 0.29) is 0 Å². The zero-order chi connectivity index (χ0) is 20.2. The normalized spacial score (nSPS) is 11.2. The van der Waals surface area contributed by atoms with Crippen molar-refractivity contribution in [1.82, 2.24) is 24.6 Å². The van der Waals surface area contributed by atoms with Gasteiger partial charge in [0.25, 0.3) is 6.08 Å².